The third-order valence-corrected chi connectivity index (χ3v) is 3.91. The zero-order chi connectivity index (χ0) is 17.8. The molecule has 0 saturated heterocycles. The van der Waals surface area contributed by atoms with Crippen molar-refractivity contribution in [2.24, 2.45) is 0 Å². The summed E-state index contributed by atoms with van der Waals surface area (Å²) < 4.78 is 11.0. The van der Waals surface area contributed by atoms with Crippen LogP contribution < -0.4 is 4.74 Å². The fourth-order valence-corrected chi connectivity index (χ4v) is 2.64. The molecular formula is C20H14ClNO3. The number of hydrogen-bond acceptors (Lipinski definition) is 4. The summed E-state index contributed by atoms with van der Waals surface area (Å²) >= 11 is 5.94. The van der Waals surface area contributed by atoms with Gasteiger partial charge in [-0.1, -0.05) is 29.8 Å². The molecule has 0 spiro atoms. The van der Waals surface area contributed by atoms with Gasteiger partial charge in [-0.15, -0.1) is 0 Å². The highest BCUT2D eigenvalue weighted by molar-refractivity contribution is 6.30. The van der Waals surface area contributed by atoms with E-state index in [0.29, 0.717) is 27.7 Å². The van der Waals surface area contributed by atoms with Crippen molar-refractivity contribution in [1.82, 2.24) is 0 Å². The second-order valence-corrected chi connectivity index (χ2v) is 5.67. The van der Waals surface area contributed by atoms with Gasteiger partial charge in [0.2, 0.25) is 0 Å². The first-order valence-corrected chi connectivity index (χ1v) is 8.08. The monoisotopic (exact) mass is 351 g/mol. The van der Waals surface area contributed by atoms with E-state index < -0.39 is 5.97 Å². The molecule has 0 aromatic heterocycles. The second kappa shape index (κ2) is 7.25. The molecule has 1 aliphatic heterocycles. The van der Waals surface area contributed by atoms with E-state index in [1.165, 1.54) is 0 Å². The molecule has 1 heterocycles. The highest BCUT2D eigenvalue weighted by Gasteiger charge is 2.24. The van der Waals surface area contributed by atoms with Crippen molar-refractivity contribution in [3.05, 3.63) is 76.3 Å². The molecule has 0 atom stereocenters. The predicted octanol–water partition coefficient (Wildman–Crippen LogP) is 4.61. The maximum atomic E-state index is 12.2. The summed E-state index contributed by atoms with van der Waals surface area (Å²) in [7, 11) is 0. The number of benzene rings is 2. The molecule has 0 unspecified atom stereocenters. The Balaban J connectivity index is 2.18. The van der Waals surface area contributed by atoms with Gasteiger partial charge in [0, 0.05) is 21.7 Å². The van der Waals surface area contributed by atoms with Gasteiger partial charge in [-0.25, -0.2) is 4.79 Å². The van der Waals surface area contributed by atoms with Crippen LogP contribution >= 0.6 is 11.6 Å². The number of nitriles is 1. The highest BCUT2D eigenvalue weighted by Crippen LogP contribution is 2.38. The molecule has 2 aromatic carbocycles. The lowest BCUT2D eigenvalue weighted by Gasteiger charge is -2.21. The van der Waals surface area contributed by atoms with Crippen molar-refractivity contribution >= 4 is 28.9 Å². The first kappa shape index (κ1) is 16.8. The molecule has 124 valence electrons. The van der Waals surface area contributed by atoms with Crippen LogP contribution in [0.15, 0.2) is 60.2 Å². The molecule has 4 nitrogen and oxygen atoms in total. The molecule has 0 aliphatic carbocycles. The van der Waals surface area contributed by atoms with Crippen LogP contribution in [0.4, 0.5) is 0 Å². The van der Waals surface area contributed by atoms with E-state index >= 15 is 0 Å². The Morgan fingerprint density at radius 3 is 2.60 bits per heavy atom. The number of halogens is 1. The topological polar surface area (TPSA) is 59.3 Å². The summed E-state index contributed by atoms with van der Waals surface area (Å²) in [5, 5.41) is 10.1. The van der Waals surface area contributed by atoms with Gasteiger partial charge in [0.25, 0.3) is 0 Å². The summed E-state index contributed by atoms with van der Waals surface area (Å²) in [4.78, 5) is 12.2. The number of para-hydroxylation sites is 1. The minimum Gasteiger partial charge on any atom is -0.462 e. The van der Waals surface area contributed by atoms with Gasteiger partial charge in [0.05, 0.1) is 6.61 Å². The maximum absolute atomic E-state index is 12.2. The number of carbonyl (C=O) groups excluding carboxylic acids is 1. The van der Waals surface area contributed by atoms with E-state index in [1.807, 2.05) is 30.3 Å². The fourth-order valence-electron chi connectivity index (χ4n) is 2.52. The van der Waals surface area contributed by atoms with Crippen LogP contribution in [0.3, 0.4) is 0 Å². The number of fused-ring (bicyclic) bond motifs is 1. The maximum Gasteiger partial charge on any atom is 0.349 e. The van der Waals surface area contributed by atoms with Crippen LogP contribution in [-0.4, -0.2) is 12.6 Å². The molecule has 0 fully saturated rings. The quantitative estimate of drug-likeness (QED) is 0.460. The standard InChI is InChI=1S/C20H14ClNO3/c1-2-24-20(23)17(12-22)16-11-19(13-7-9-14(21)10-8-13)25-18-6-4-3-5-15(16)18/h3-11H,2H2,1H3/b17-16-. The van der Waals surface area contributed by atoms with Gasteiger partial charge in [-0.2, -0.15) is 5.26 Å². The van der Waals surface area contributed by atoms with E-state index in [4.69, 9.17) is 21.1 Å². The van der Waals surface area contributed by atoms with E-state index in [9.17, 15) is 10.1 Å². The Labute approximate surface area is 150 Å². The van der Waals surface area contributed by atoms with E-state index in [1.54, 1.807) is 37.3 Å². The van der Waals surface area contributed by atoms with Crippen molar-refractivity contribution in [3.8, 4) is 11.8 Å². The minimum atomic E-state index is -0.650. The van der Waals surface area contributed by atoms with Crippen LogP contribution in [0, 0.1) is 11.3 Å². The molecule has 2 aromatic rings. The van der Waals surface area contributed by atoms with Crippen LogP contribution in [0.25, 0.3) is 11.3 Å². The lowest BCUT2D eigenvalue weighted by atomic mass is 9.95. The SMILES string of the molecule is CCOC(=O)/C(C#N)=C1/C=C(c2ccc(Cl)cc2)Oc2ccccc21. The van der Waals surface area contributed by atoms with Crippen LogP contribution in [-0.2, 0) is 9.53 Å². The number of carbonyl (C=O) groups is 1. The molecule has 0 bridgehead atoms. The van der Waals surface area contributed by atoms with Gasteiger partial charge < -0.3 is 9.47 Å². The number of ether oxygens (including phenoxy) is 2. The predicted molar refractivity (Wildman–Crippen MR) is 95.7 cm³/mol. The van der Waals surface area contributed by atoms with E-state index in [-0.39, 0.29) is 12.2 Å². The van der Waals surface area contributed by atoms with E-state index in [0.717, 1.165) is 5.56 Å². The van der Waals surface area contributed by atoms with Crippen LogP contribution in [0.1, 0.15) is 18.1 Å². The largest absolute Gasteiger partial charge is 0.462 e. The average molecular weight is 352 g/mol. The van der Waals surface area contributed by atoms with Crippen LogP contribution in [0.2, 0.25) is 5.02 Å². The summed E-state index contributed by atoms with van der Waals surface area (Å²) in [6, 6.07) is 16.3. The molecule has 0 saturated carbocycles. The van der Waals surface area contributed by atoms with Crippen molar-refractivity contribution in [1.29, 1.82) is 5.26 Å². The molecule has 3 rings (SSSR count). The normalized spacial score (nSPS) is 14.5. The number of hydrogen-bond donors (Lipinski definition) is 0. The Hall–Kier alpha value is -3.03. The summed E-state index contributed by atoms with van der Waals surface area (Å²) in [5.41, 5.74) is 1.89. The third kappa shape index (κ3) is 3.42. The molecular weight excluding hydrogens is 338 g/mol. The van der Waals surface area contributed by atoms with E-state index in [2.05, 4.69) is 0 Å². The van der Waals surface area contributed by atoms with Gasteiger partial charge in [-0.3, -0.25) is 0 Å². The molecule has 0 N–H and O–H groups in total. The smallest absolute Gasteiger partial charge is 0.349 e. The Kier molecular flexibility index (Phi) is 4.87. The first-order chi connectivity index (χ1) is 12.1. The molecule has 1 aliphatic rings. The molecule has 0 amide bonds. The lowest BCUT2D eigenvalue weighted by Crippen LogP contribution is -2.11. The average Bonchev–Trinajstić information content (AvgIpc) is 2.63. The zero-order valence-electron chi connectivity index (χ0n) is 13.5. The molecule has 0 radical (unpaired) electrons. The van der Waals surface area contributed by atoms with Gasteiger partial charge in [-0.05, 0) is 43.3 Å². The van der Waals surface area contributed by atoms with Crippen molar-refractivity contribution < 1.29 is 14.3 Å². The fraction of sp³-hybridized carbons (Fsp3) is 0.100. The highest BCUT2D eigenvalue weighted by atomic mass is 35.5. The lowest BCUT2D eigenvalue weighted by molar-refractivity contribution is -0.137. The number of nitrogens with zero attached hydrogens (tertiary/aromatic N) is 1. The van der Waals surface area contributed by atoms with Gasteiger partial charge >= 0.3 is 5.97 Å². The van der Waals surface area contributed by atoms with Crippen molar-refractivity contribution in [2.45, 2.75) is 6.92 Å². The number of rotatable bonds is 3. The Morgan fingerprint density at radius 1 is 1.20 bits per heavy atom. The second-order valence-electron chi connectivity index (χ2n) is 5.23. The van der Waals surface area contributed by atoms with Gasteiger partial charge in [0.1, 0.15) is 23.2 Å². The zero-order valence-corrected chi connectivity index (χ0v) is 14.2. The Morgan fingerprint density at radius 2 is 1.92 bits per heavy atom. The van der Waals surface area contributed by atoms with Crippen LogP contribution in [0.5, 0.6) is 5.75 Å². The number of allylic oxidation sites excluding steroid dienone is 2. The molecule has 25 heavy (non-hydrogen) atoms. The minimum absolute atomic E-state index is 0.0518. The van der Waals surface area contributed by atoms with Gasteiger partial charge in [0.15, 0.2) is 0 Å². The number of esters is 1. The summed E-state index contributed by atoms with van der Waals surface area (Å²) in [6.07, 6.45) is 1.68. The Bertz CT molecular complexity index is 921. The van der Waals surface area contributed by atoms with Crippen molar-refractivity contribution in [3.63, 3.8) is 0 Å². The summed E-state index contributed by atoms with van der Waals surface area (Å²) in [6.45, 7) is 1.90. The first-order valence-electron chi connectivity index (χ1n) is 7.70. The third-order valence-electron chi connectivity index (χ3n) is 3.66. The summed E-state index contributed by atoms with van der Waals surface area (Å²) in [5.74, 6) is 0.452. The molecule has 5 heteroatoms. The van der Waals surface area contributed by atoms with Crippen molar-refractivity contribution in [2.75, 3.05) is 6.61 Å².